The van der Waals surface area contributed by atoms with Gasteiger partial charge < -0.3 is 10.6 Å². The summed E-state index contributed by atoms with van der Waals surface area (Å²) in [5, 5.41) is 2.20. The highest BCUT2D eigenvalue weighted by molar-refractivity contribution is 6.00. The van der Waals surface area contributed by atoms with Gasteiger partial charge in [-0.2, -0.15) is 0 Å². The SMILES string of the molecule is CCCN(C)c1ccc(N)c2cnccc12. The Morgan fingerprint density at radius 3 is 2.81 bits per heavy atom. The maximum absolute atomic E-state index is 5.94. The molecule has 2 rings (SSSR count). The summed E-state index contributed by atoms with van der Waals surface area (Å²) >= 11 is 0. The first-order valence-electron chi connectivity index (χ1n) is 5.57. The lowest BCUT2D eigenvalue weighted by molar-refractivity contribution is 0.855. The van der Waals surface area contributed by atoms with E-state index < -0.39 is 0 Å². The van der Waals surface area contributed by atoms with Gasteiger partial charge >= 0.3 is 0 Å². The molecule has 0 bridgehead atoms. The Morgan fingerprint density at radius 1 is 1.25 bits per heavy atom. The highest BCUT2D eigenvalue weighted by Gasteiger charge is 2.07. The van der Waals surface area contributed by atoms with Crippen LogP contribution >= 0.6 is 0 Å². The molecule has 3 heteroatoms. The maximum atomic E-state index is 5.94. The molecule has 1 heterocycles. The first-order valence-corrected chi connectivity index (χ1v) is 5.57. The molecule has 3 nitrogen and oxygen atoms in total. The number of nitrogens with zero attached hydrogens (tertiary/aromatic N) is 2. The summed E-state index contributed by atoms with van der Waals surface area (Å²) in [6.45, 7) is 3.22. The predicted molar refractivity (Wildman–Crippen MR) is 69.7 cm³/mol. The fourth-order valence-corrected chi connectivity index (χ4v) is 1.98. The van der Waals surface area contributed by atoms with Crippen LogP contribution in [0.4, 0.5) is 11.4 Å². The Balaban J connectivity index is 2.58. The van der Waals surface area contributed by atoms with Crippen molar-refractivity contribution < 1.29 is 0 Å². The molecule has 0 spiro atoms. The van der Waals surface area contributed by atoms with E-state index in [0.29, 0.717) is 0 Å². The van der Waals surface area contributed by atoms with Crippen molar-refractivity contribution in [3.05, 3.63) is 30.6 Å². The second kappa shape index (κ2) is 4.39. The Hall–Kier alpha value is -1.77. The van der Waals surface area contributed by atoms with E-state index in [9.17, 15) is 0 Å². The lowest BCUT2D eigenvalue weighted by Gasteiger charge is -2.20. The summed E-state index contributed by atoms with van der Waals surface area (Å²) in [5.41, 5.74) is 7.95. The Kier molecular flexibility index (Phi) is 2.95. The van der Waals surface area contributed by atoms with Gasteiger partial charge in [0, 0.05) is 48.1 Å². The maximum Gasteiger partial charge on any atom is 0.0445 e. The number of hydrogen-bond donors (Lipinski definition) is 1. The molecule has 0 saturated heterocycles. The van der Waals surface area contributed by atoms with Gasteiger partial charge in [-0.1, -0.05) is 6.92 Å². The Morgan fingerprint density at radius 2 is 2.06 bits per heavy atom. The molecule has 1 aromatic heterocycles. The van der Waals surface area contributed by atoms with Crippen LogP contribution in [0.2, 0.25) is 0 Å². The fourth-order valence-electron chi connectivity index (χ4n) is 1.98. The van der Waals surface area contributed by atoms with Crippen LogP contribution in [-0.2, 0) is 0 Å². The van der Waals surface area contributed by atoms with Crippen molar-refractivity contribution in [3.8, 4) is 0 Å². The van der Waals surface area contributed by atoms with E-state index in [2.05, 4.69) is 29.9 Å². The molecule has 2 aromatic rings. The smallest absolute Gasteiger partial charge is 0.0445 e. The number of hydrogen-bond acceptors (Lipinski definition) is 3. The zero-order valence-electron chi connectivity index (χ0n) is 9.77. The van der Waals surface area contributed by atoms with Crippen LogP contribution in [0, 0.1) is 0 Å². The largest absolute Gasteiger partial charge is 0.398 e. The average Bonchev–Trinajstić information content (AvgIpc) is 2.30. The molecule has 0 unspecified atom stereocenters. The van der Waals surface area contributed by atoms with E-state index >= 15 is 0 Å². The van der Waals surface area contributed by atoms with Gasteiger partial charge in [0.05, 0.1) is 0 Å². The molecule has 0 radical (unpaired) electrons. The number of rotatable bonds is 3. The number of aromatic nitrogens is 1. The molecule has 0 fully saturated rings. The molecule has 0 saturated carbocycles. The molecule has 0 amide bonds. The van der Waals surface area contributed by atoms with Crippen LogP contribution in [-0.4, -0.2) is 18.6 Å². The normalized spacial score (nSPS) is 10.6. The zero-order chi connectivity index (χ0) is 11.5. The Bertz CT molecular complexity index is 494. The van der Waals surface area contributed by atoms with Crippen LogP contribution in [0.5, 0.6) is 0 Å². The molecular formula is C13H17N3. The van der Waals surface area contributed by atoms with Crippen LogP contribution in [0.25, 0.3) is 10.8 Å². The highest BCUT2D eigenvalue weighted by Crippen LogP contribution is 2.29. The van der Waals surface area contributed by atoms with Crippen LogP contribution in [0.15, 0.2) is 30.6 Å². The van der Waals surface area contributed by atoms with Crippen molar-refractivity contribution in [1.82, 2.24) is 4.98 Å². The zero-order valence-corrected chi connectivity index (χ0v) is 9.77. The summed E-state index contributed by atoms with van der Waals surface area (Å²) in [6, 6.07) is 6.05. The average molecular weight is 215 g/mol. The minimum absolute atomic E-state index is 0.789. The van der Waals surface area contributed by atoms with Gasteiger partial charge in [-0.15, -0.1) is 0 Å². The number of nitrogens with two attached hydrogens (primary N) is 1. The predicted octanol–water partition coefficient (Wildman–Crippen LogP) is 2.66. The Labute approximate surface area is 95.9 Å². The first-order chi connectivity index (χ1) is 7.74. The molecule has 1 aromatic carbocycles. The molecular weight excluding hydrogens is 198 g/mol. The van der Waals surface area contributed by atoms with Gasteiger partial charge in [0.1, 0.15) is 0 Å². The monoisotopic (exact) mass is 215 g/mol. The minimum Gasteiger partial charge on any atom is -0.398 e. The third-order valence-corrected chi connectivity index (χ3v) is 2.80. The second-order valence-corrected chi connectivity index (χ2v) is 4.02. The van der Waals surface area contributed by atoms with Gasteiger partial charge in [-0.3, -0.25) is 4.98 Å². The van der Waals surface area contributed by atoms with E-state index in [1.54, 1.807) is 0 Å². The van der Waals surface area contributed by atoms with E-state index in [1.807, 2.05) is 24.5 Å². The fraction of sp³-hybridized carbons (Fsp3) is 0.308. The lowest BCUT2D eigenvalue weighted by atomic mass is 10.1. The van der Waals surface area contributed by atoms with Crippen molar-refractivity contribution in [1.29, 1.82) is 0 Å². The van der Waals surface area contributed by atoms with Gasteiger partial charge in [-0.05, 0) is 24.6 Å². The van der Waals surface area contributed by atoms with Gasteiger partial charge in [0.25, 0.3) is 0 Å². The molecule has 16 heavy (non-hydrogen) atoms. The van der Waals surface area contributed by atoms with E-state index in [4.69, 9.17) is 5.73 Å². The van der Waals surface area contributed by atoms with Crippen molar-refractivity contribution in [2.75, 3.05) is 24.2 Å². The second-order valence-electron chi connectivity index (χ2n) is 4.02. The number of fused-ring (bicyclic) bond motifs is 1. The van der Waals surface area contributed by atoms with E-state index in [-0.39, 0.29) is 0 Å². The van der Waals surface area contributed by atoms with Crippen molar-refractivity contribution in [2.24, 2.45) is 0 Å². The van der Waals surface area contributed by atoms with Crippen molar-refractivity contribution >= 4 is 22.1 Å². The third-order valence-electron chi connectivity index (χ3n) is 2.80. The van der Waals surface area contributed by atoms with Gasteiger partial charge in [0.15, 0.2) is 0 Å². The number of benzene rings is 1. The summed E-state index contributed by atoms with van der Waals surface area (Å²) in [5.74, 6) is 0. The third kappa shape index (κ3) is 1.81. The summed E-state index contributed by atoms with van der Waals surface area (Å²) in [7, 11) is 2.11. The number of anilines is 2. The van der Waals surface area contributed by atoms with Crippen LogP contribution in [0.3, 0.4) is 0 Å². The first kappa shape index (κ1) is 10.7. The van der Waals surface area contributed by atoms with Crippen LogP contribution in [0.1, 0.15) is 13.3 Å². The molecule has 0 atom stereocenters. The summed E-state index contributed by atoms with van der Waals surface area (Å²) in [4.78, 5) is 6.37. The molecule has 0 aliphatic heterocycles. The van der Waals surface area contributed by atoms with Crippen molar-refractivity contribution in [3.63, 3.8) is 0 Å². The highest BCUT2D eigenvalue weighted by atomic mass is 15.1. The summed E-state index contributed by atoms with van der Waals surface area (Å²) in [6.07, 6.45) is 4.77. The van der Waals surface area contributed by atoms with Crippen molar-refractivity contribution in [2.45, 2.75) is 13.3 Å². The molecule has 0 aliphatic rings. The molecule has 0 aliphatic carbocycles. The topological polar surface area (TPSA) is 42.1 Å². The quantitative estimate of drug-likeness (QED) is 0.800. The summed E-state index contributed by atoms with van der Waals surface area (Å²) < 4.78 is 0. The lowest BCUT2D eigenvalue weighted by Crippen LogP contribution is -2.18. The van der Waals surface area contributed by atoms with Crippen LogP contribution < -0.4 is 10.6 Å². The number of nitrogen functional groups attached to an aromatic ring is 1. The number of pyridine rings is 1. The molecule has 2 N–H and O–H groups in total. The minimum atomic E-state index is 0.789. The standard InChI is InChI=1S/C13H17N3/c1-3-8-16(2)13-5-4-12(14)11-9-15-7-6-10(11)13/h4-7,9H,3,8,14H2,1-2H3. The van der Waals surface area contributed by atoms with E-state index in [0.717, 1.165) is 24.0 Å². The van der Waals surface area contributed by atoms with Gasteiger partial charge in [0.2, 0.25) is 0 Å². The van der Waals surface area contributed by atoms with E-state index in [1.165, 1.54) is 11.1 Å². The molecule has 84 valence electrons. The van der Waals surface area contributed by atoms with Gasteiger partial charge in [-0.25, -0.2) is 0 Å².